The lowest BCUT2D eigenvalue weighted by molar-refractivity contribution is -0.142. The number of aliphatic carboxylic acids is 1. The van der Waals surface area contributed by atoms with E-state index in [0.717, 1.165) is 6.07 Å². The maximum absolute atomic E-state index is 13.0. The van der Waals surface area contributed by atoms with Crippen molar-refractivity contribution in [1.82, 2.24) is 4.90 Å². The molecular weight excluding hydrogens is 339 g/mol. The average molecular weight is 352 g/mol. The summed E-state index contributed by atoms with van der Waals surface area (Å²) in [4.78, 5) is 12.7. The zero-order chi connectivity index (χ0) is 14.9. The normalized spacial score (nSPS) is 20.3. The van der Waals surface area contributed by atoms with Gasteiger partial charge < -0.3 is 5.11 Å². The van der Waals surface area contributed by atoms with Crippen LogP contribution >= 0.6 is 15.9 Å². The van der Waals surface area contributed by atoms with E-state index in [0.29, 0.717) is 23.9 Å². The Labute approximate surface area is 122 Å². The molecule has 7 heteroatoms. The van der Waals surface area contributed by atoms with E-state index in [9.17, 15) is 18.0 Å². The van der Waals surface area contributed by atoms with Gasteiger partial charge in [0.1, 0.15) is 6.04 Å². The zero-order valence-electron chi connectivity index (χ0n) is 10.5. The molecule has 1 saturated heterocycles. The quantitative estimate of drug-likeness (QED) is 0.905. The van der Waals surface area contributed by atoms with E-state index in [-0.39, 0.29) is 12.1 Å². The molecule has 1 aromatic rings. The minimum absolute atomic E-state index is 0.0206. The first-order valence-corrected chi connectivity index (χ1v) is 6.91. The lowest BCUT2D eigenvalue weighted by Gasteiger charge is -2.24. The molecule has 1 N–H and O–H groups in total. The summed E-state index contributed by atoms with van der Waals surface area (Å²) in [7, 11) is 0. The van der Waals surface area contributed by atoms with E-state index in [2.05, 4.69) is 15.9 Å². The Morgan fingerprint density at radius 2 is 2.15 bits per heavy atom. The molecule has 1 atom stereocenters. The second-order valence-electron chi connectivity index (χ2n) is 4.73. The first-order chi connectivity index (χ1) is 9.30. The molecule has 0 bridgehead atoms. The van der Waals surface area contributed by atoms with Crippen molar-refractivity contribution in [1.29, 1.82) is 0 Å². The van der Waals surface area contributed by atoms with Gasteiger partial charge in [0.25, 0.3) is 0 Å². The molecule has 110 valence electrons. The first kappa shape index (κ1) is 15.3. The number of carboxylic acid groups (broad SMARTS) is 1. The van der Waals surface area contributed by atoms with Crippen molar-refractivity contribution in [3.8, 4) is 0 Å². The van der Waals surface area contributed by atoms with Crippen LogP contribution < -0.4 is 0 Å². The van der Waals surface area contributed by atoms with E-state index in [1.807, 2.05) is 0 Å². The average Bonchev–Trinajstić information content (AvgIpc) is 2.78. The highest BCUT2D eigenvalue weighted by Gasteiger charge is 2.36. The first-order valence-electron chi connectivity index (χ1n) is 6.12. The van der Waals surface area contributed by atoms with Gasteiger partial charge in [-0.2, -0.15) is 13.2 Å². The Kier molecular flexibility index (Phi) is 4.39. The van der Waals surface area contributed by atoms with Gasteiger partial charge in [-0.05, 0) is 37.1 Å². The fourth-order valence-corrected chi connectivity index (χ4v) is 2.97. The van der Waals surface area contributed by atoms with E-state index < -0.39 is 23.8 Å². The van der Waals surface area contributed by atoms with Crippen molar-refractivity contribution in [2.45, 2.75) is 31.6 Å². The second-order valence-corrected chi connectivity index (χ2v) is 5.58. The number of carbonyl (C=O) groups is 1. The molecule has 1 fully saturated rings. The van der Waals surface area contributed by atoms with Gasteiger partial charge >= 0.3 is 12.1 Å². The van der Waals surface area contributed by atoms with Gasteiger partial charge in [-0.25, -0.2) is 0 Å². The topological polar surface area (TPSA) is 40.5 Å². The second kappa shape index (κ2) is 5.73. The Hall–Kier alpha value is -1.08. The number of benzene rings is 1. The number of likely N-dealkylation sites (tertiary alicyclic amines) is 1. The molecule has 1 aliphatic rings. The summed E-state index contributed by atoms with van der Waals surface area (Å²) in [6.45, 7) is 0.475. The maximum Gasteiger partial charge on any atom is 0.416 e. The summed E-state index contributed by atoms with van der Waals surface area (Å²) in [5.41, 5.74) is -0.629. The molecule has 0 spiro atoms. The number of hydrogen-bond acceptors (Lipinski definition) is 2. The lowest BCUT2D eigenvalue weighted by atomic mass is 10.1. The largest absolute Gasteiger partial charge is 0.480 e. The summed E-state index contributed by atoms with van der Waals surface area (Å²) < 4.78 is 39.4. The van der Waals surface area contributed by atoms with E-state index in [1.54, 1.807) is 4.90 Å². The highest BCUT2D eigenvalue weighted by atomic mass is 79.9. The monoisotopic (exact) mass is 351 g/mol. The molecule has 0 radical (unpaired) electrons. The van der Waals surface area contributed by atoms with Crippen LogP contribution in [0.2, 0.25) is 0 Å². The van der Waals surface area contributed by atoms with Crippen molar-refractivity contribution < 1.29 is 23.1 Å². The summed E-state index contributed by atoms with van der Waals surface area (Å²) >= 11 is 3.13. The minimum Gasteiger partial charge on any atom is -0.480 e. The van der Waals surface area contributed by atoms with Crippen LogP contribution in [0, 0.1) is 0 Å². The molecule has 0 saturated carbocycles. The summed E-state index contributed by atoms with van der Waals surface area (Å²) in [6, 6.07) is 3.18. The predicted molar refractivity (Wildman–Crippen MR) is 70.2 cm³/mol. The molecule has 2 rings (SSSR count). The number of rotatable bonds is 3. The maximum atomic E-state index is 13.0. The van der Waals surface area contributed by atoms with E-state index >= 15 is 0 Å². The Morgan fingerprint density at radius 1 is 1.45 bits per heavy atom. The fourth-order valence-electron chi connectivity index (χ4n) is 2.48. The lowest BCUT2D eigenvalue weighted by Crippen LogP contribution is -2.36. The molecule has 0 amide bonds. The molecule has 0 aliphatic carbocycles. The van der Waals surface area contributed by atoms with Crippen molar-refractivity contribution in [2.75, 3.05) is 6.54 Å². The van der Waals surface area contributed by atoms with Gasteiger partial charge in [-0.15, -0.1) is 0 Å². The van der Waals surface area contributed by atoms with Crippen LogP contribution in [-0.2, 0) is 17.5 Å². The van der Waals surface area contributed by atoms with Crippen LogP contribution in [0.15, 0.2) is 22.7 Å². The van der Waals surface area contributed by atoms with Crippen LogP contribution in [-0.4, -0.2) is 28.6 Å². The standard InChI is InChI=1S/C13H13BrF3NO2/c14-10-4-1-3-9(13(15,16)17)8(10)7-18-6-2-5-11(18)12(19)20/h1,3-4,11H,2,5-7H2,(H,19,20)/t11-/m0/s1. The highest BCUT2D eigenvalue weighted by Crippen LogP contribution is 2.36. The van der Waals surface area contributed by atoms with Gasteiger partial charge in [0.05, 0.1) is 5.56 Å². The van der Waals surface area contributed by atoms with Crippen molar-refractivity contribution >= 4 is 21.9 Å². The van der Waals surface area contributed by atoms with E-state index in [4.69, 9.17) is 5.11 Å². The fraction of sp³-hybridized carbons (Fsp3) is 0.462. The number of hydrogen-bond donors (Lipinski definition) is 1. The van der Waals surface area contributed by atoms with Gasteiger partial charge in [0, 0.05) is 11.0 Å². The summed E-state index contributed by atoms with van der Waals surface area (Å²) in [5.74, 6) is -0.983. The smallest absolute Gasteiger partial charge is 0.416 e. The van der Waals surface area contributed by atoms with Gasteiger partial charge in [0.15, 0.2) is 0 Å². The Bertz CT molecular complexity index is 519. The molecule has 1 aliphatic heterocycles. The molecule has 0 aromatic heterocycles. The molecule has 3 nitrogen and oxygen atoms in total. The Balaban J connectivity index is 2.31. The van der Waals surface area contributed by atoms with Crippen LogP contribution in [0.5, 0.6) is 0 Å². The molecular formula is C13H13BrF3NO2. The van der Waals surface area contributed by atoms with Gasteiger partial charge in [-0.3, -0.25) is 9.69 Å². The van der Waals surface area contributed by atoms with Crippen LogP contribution in [0.25, 0.3) is 0 Å². The van der Waals surface area contributed by atoms with Gasteiger partial charge in [0.2, 0.25) is 0 Å². The van der Waals surface area contributed by atoms with Crippen LogP contribution in [0.3, 0.4) is 0 Å². The summed E-state index contributed by atoms with van der Waals surface area (Å²) in [6.07, 6.45) is -3.29. The molecule has 1 heterocycles. The third-order valence-electron chi connectivity index (χ3n) is 3.43. The zero-order valence-corrected chi connectivity index (χ0v) is 12.0. The highest BCUT2D eigenvalue weighted by molar-refractivity contribution is 9.10. The van der Waals surface area contributed by atoms with E-state index in [1.165, 1.54) is 12.1 Å². The van der Waals surface area contributed by atoms with Crippen molar-refractivity contribution in [3.63, 3.8) is 0 Å². The number of nitrogens with zero attached hydrogens (tertiary/aromatic N) is 1. The van der Waals surface area contributed by atoms with Crippen LogP contribution in [0.4, 0.5) is 13.2 Å². The van der Waals surface area contributed by atoms with Crippen LogP contribution in [0.1, 0.15) is 24.0 Å². The SMILES string of the molecule is O=C(O)[C@@H]1CCCN1Cc1c(Br)cccc1C(F)(F)F. The number of halogens is 4. The summed E-state index contributed by atoms with van der Waals surface area (Å²) in [5, 5.41) is 9.08. The Morgan fingerprint density at radius 3 is 2.75 bits per heavy atom. The third kappa shape index (κ3) is 3.15. The van der Waals surface area contributed by atoms with Gasteiger partial charge in [-0.1, -0.05) is 22.0 Å². The van der Waals surface area contributed by atoms with Crippen molar-refractivity contribution in [2.24, 2.45) is 0 Å². The van der Waals surface area contributed by atoms with Crippen molar-refractivity contribution in [3.05, 3.63) is 33.8 Å². The molecule has 0 unspecified atom stereocenters. The third-order valence-corrected chi connectivity index (χ3v) is 4.18. The number of carboxylic acids is 1. The minimum atomic E-state index is -4.45. The number of alkyl halides is 3. The molecule has 1 aromatic carbocycles. The molecule has 20 heavy (non-hydrogen) atoms. The predicted octanol–water partition coefficient (Wildman–Crippen LogP) is 3.52.